The first-order valence-electron chi connectivity index (χ1n) is 5.36. The van der Waals surface area contributed by atoms with E-state index in [4.69, 9.17) is 5.11 Å². The van der Waals surface area contributed by atoms with Gasteiger partial charge >= 0.3 is 0 Å². The highest BCUT2D eigenvalue weighted by atomic mass is 16.3. The number of benzene rings is 1. The van der Waals surface area contributed by atoms with Crippen molar-refractivity contribution in [3.8, 4) is 5.75 Å². The molecule has 84 valence electrons. The number of aliphatic hydroxyl groups is 1. The predicted molar refractivity (Wildman–Crippen MR) is 60.3 cm³/mol. The van der Waals surface area contributed by atoms with Crippen molar-refractivity contribution in [3.05, 3.63) is 42.0 Å². The van der Waals surface area contributed by atoms with Gasteiger partial charge in [-0.1, -0.05) is 12.2 Å². The number of hydrogen-bond acceptors (Lipinski definition) is 3. The van der Waals surface area contributed by atoms with Crippen molar-refractivity contribution in [2.24, 2.45) is 5.92 Å². The quantitative estimate of drug-likeness (QED) is 0.588. The third kappa shape index (κ3) is 2.31. The van der Waals surface area contributed by atoms with Crippen LogP contribution in [0.4, 0.5) is 0 Å². The van der Waals surface area contributed by atoms with Crippen LogP contribution in [0.5, 0.6) is 5.75 Å². The predicted octanol–water partition coefficient (Wildman–Crippen LogP) is 1.90. The topological polar surface area (TPSA) is 57.5 Å². The van der Waals surface area contributed by atoms with E-state index >= 15 is 0 Å². The molecule has 0 fully saturated rings. The summed E-state index contributed by atoms with van der Waals surface area (Å²) in [5.41, 5.74) is 0.601. The summed E-state index contributed by atoms with van der Waals surface area (Å²) in [6.07, 6.45) is 4.34. The summed E-state index contributed by atoms with van der Waals surface area (Å²) in [4.78, 5) is 12.0. The van der Waals surface area contributed by atoms with Crippen LogP contribution >= 0.6 is 0 Å². The number of ketones is 1. The summed E-state index contributed by atoms with van der Waals surface area (Å²) in [7, 11) is 0. The second-order valence-electron chi connectivity index (χ2n) is 4.05. The van der Waals surface area contributed by atoms with Crippen molar-refractivity contribution < 1.29 is 15.0 Å². The Labute approximate surface area is 94.0 Å². The second-order valence-corrected chi connectivity index (χ2v) is 4.05. The van der Waals surface area contributed by atoms with Crippen LogP contribution in [-0.2, 0) is 0 Å². The number of Topliss-reactive ketones (excluding diaryl/α,β-unsaturated/α-hetero) is 1. The highest BCUT2D eigenvalue weighted by molar-refractivity contribution is 5.99. The molecule has 0 aromatic heterocycles. The Morgan fingerprint density at radius 2 is 1.81 bits per heavy atom. The number of carbonyl (C=O) groups excluding carboxylic acids is 1. The van der Waals surface area contributed by atoms with Crippen LogP contribution in [0.15, 0.2) is 36.4 Å². The van der Waals surface area contributed by atoms with E-state index in [-0.39, 0.29) is 17.5 Å². The van der Waals surface area contributed by atoms with Crippen LogP contribution in [-0.4, -0.2) is 22.1 Å². The number of phenols is 1. The maximum absolute atomic E-state index is 12.0. The maximum Gasteiger partial charge on any atom is 0.169 e. The van der Waals surface area contributed by atoms with Crippen molar-refractivity contribution in [3.63, 3.8) is 0 Å². The molecule has 0 amide bonds. The van der Waals surface area contributed by atoms with Gasteiger partial charge < -0.3 is 10.2 Å². The number of allylic oxidation sites excluding steroid dienone is 1. The van der Waals surface area contributed by atoms with Gasteiger partial charge in [0.15, 0.2) is 5.78 Å². The molecule has 0 spiro atoms. The third-order valence-corrected chi connectivity index (χ3v) is 2.83. The minimum atomic E-state index is -0.413. The molecule has 1 aliphatic rings. The standard InChI is InChI=1S/C13H14O3/c14-11-5-1-9(2-6-11)13(16)10-3-7-12(15)8-4-10/h1-3,5-7,10,12,14-15H,4,8H2. The van der Waals surface area contributed by atoms with Crippen molar-refractivity contribution in [2.45, 2.75) is 18.9 Å². The third-order valence-electron chi connectivity index (χ3n) is 2.83. The molecule has 2 atom stereocenters. The first kappa shape index (κ1) is 10.9. The number of carbonyl (C=O) groups is 1. The summed E-state index contributed by atoms with van der Waals surface area (Å²) in [6.45, 7) is 0. The fourth-order valence-corrected chi connectivity index (χ4v) is 1.86. The molecule has 0 saturated carbocycles. The fraction of sp³-hybridized carbons (Fsp3) is 0.308. The van der Waals surface area contributed by atoms with Crippen LogP contribution in [0.25, 0.3) is 0 Å². The SMILES string of the molecule is O=C(c1ccc(O)cc1)C1C=CC(O)CC1. The minimum absolute atomic E-state index is 0.0446. The van der Waals surface area contributed by atoms with E-state index in [0.717, 1.165) is 0 Å². The number of phenolic OH excluding ortho intramolecular Hbond substituents is 1. The van der Waals surface area contributed by atoms with Crippen LogP contribution < -0.4 is 0 Å². The Bertz CT molecular complexity index is 406. The lowest BCUT2D eigenvalue weighted by atomic mass is 9.88. The second kappa shape index (κ2) is 4.49. The van der Waals surface area contributed by atoms with E-state index < -0.39 is 6.10 Å². The molecule has 3 heteroatoms. The Morgan fingerprint density at radius 3 is 2.38 bits per heavy atom. The Kier molecular flexibility index (Phi) is 3.06. The van der Waals surface area contributed by atoms with Crippen molar-refractivity contribution in [1.82, 2.24) is 0 Å². The number of aromatic hydroxyl groups is 1. The van der Waals surface area contributed by atoms with E-state index in [0.29, 0.717) is 18.4 Å². The van der Waals surface area contributed by atoms with E-state index in [1.165, 1.54) is 12.1 Å². The fourth-order valence-electron chi connectivity index (χ4n) is 1.86. The maximum atomic E-state index is 12.0. The zero-order valence-corrected chi connectivity index (χ0v) is 8.84. The van der Waals surface area contributed by atoms with Crippen molar-refractivity contribution in [2.75, 3.05) is 0 Å². The van der Waals surface area contributed by atoms with Gasteiger partial charge in [0.05, 0.1) is 6.10 Å². The first-order chi connectivity index (χ1) is 7.66. The zero-order valence-electron chi connectivity index (χ0n) is 8.84. The summed E-state index contributed by atoms with van der Waals surface area (Å²) < 4.78 is 0. The number of rotatable bonds is 2. The van der Waals surface area contributed by atoms with Gasteiger partial charge in [0.1, 0.15) is 5.75 Å². The van der Waals surface area contributed by atoms with Gasteiger partial charge in [0, 0.05) is 11.5 Å². The molecular weight excluding hydrogens is 204 g/mol. The van der Waals surface area contributed by atoms with Gasteiger partial charge in [-0.05, 0) is 37.1 Å². The zero-order chi connectivity index (χ0) is 11.5. The Hall–Kier alpha value is -1.61. The molecule has 3 nitrogen and oxygen atoms in total. The molecule has 2 rings (SSSR count). The lowest BCUT2D eigenvalue weighted by Gasteiger charge is -2.18. The highest BCUT2D eigenvalue weighted by Gasteiger charge is 2.21. The first-order valence-corrected chi connectivity index (χ1v) is 5.36. The van der Waals surface area contributed by atoms with Gasteiger partial charge in [-0.2, -0.15) is 0 Å². The largest absolute Gasteiger partial charge is 0.508 e. The van der Waals surface area contributed by atoms with Gasteiger partial charge in [-0.15, -0.1) is 0 Å². The molecule has 0 bridgehead atoms. The van der Waals surface area contributed by atoms with Gasteiger partial charge in [0.2, 0.25) is 0 Å². The summed E-state index contributed by atoms with van der Waals surface area (Å²) >= 11 is 0. The van der Waals surface area contributed by atoms with Crippen LogP contribution in [0.1, 0.15) is 23.2 Å². The molecule has 2 unspecified atom stereocenters. The molecule has 16 heavy (non-hydrogen) atoms. The molecule has 0 aliphatic heterocycles. The van der Waals surface area contributed by atoms with E-state index in [2.05, 4.69) is 0 Å². The van der Waals surface area contributed by atoms with E-state index in [1.54, 1.807) is 24.3 Å². The average Bonchev–Trinajstić information content (AvgIpc) is 2.30. The Morgan fingerprint density at radius 1 is 1.12 bits per heavy atom. The van der Waals surface area contributed by atoms with Crippen molar-refractivity contribution in [1.29, 1.82) is 0 Å². The van der Waals surface area contributed by atoms with E-state index in [1.807, 2.05) is 0 Å². The van der Waals surface area contributed by atoms with E-state index in [9.17, 15) is 9.90 Å². The molecule has 0 heterocycles. The molecule has 1 aromatic rings. The van der Waals surface area contributed by atoms with Gasteiger partial charge in [-0.25, -0.2) is 0 Å². The molecule has 0 saturated heterocycles. The number of aliphatic hydroxyl groups excluding tert-OH is 1. The van der Waals surface area contributed by atoms with Crippen LogP contribution in [0, 0.1) is 5.92 Å². The molecule has 1 aliphatic carbocycles. The van der Waals surface area contributed by atoms with Crippen molar-refractivity contribution >= 4 is 5.78 Å². The average molecular weight is 218 g/mol. The minimum Gasteiger partial charge on any atom is -0.508 e. The summed E-state index contributed by atoms with van der Waals surface area (Å²) in [6, 6.07) is 6.26. The van der Waals surface area contributed by atoms with Crippen LogP contribution in [0.3, 0.4) is 0 Å². The normalized spacial score (nSPS) is 24.3. The highest BCUT2D eigenvalue weighted by Crippen LogP contribution is 2.22. The Balaban J connectivity index is 2.13. The van der Waals surface area contributed by atoms with Gasteiger partial charge in [-0.3, -0.25) is 4.79 Å². The van der Waals surface area contributed by atoms with Gasteiger partial charge in [0.25, 0.3) is 0 Å². The monoisotopic (exact) mass is 218 g/mol. The lowest BCUT2D eigenvalue weighted by Crippen LogP contribution is -2.19. The summed E-state index contributed by atoms with van der Waals surface area (Å²) in [5.74, 6) is 0.0576. The number of hydrogen-bond donors (Lipinski definition) is 2. The molecule has 2 N–H and O–H groups in total. The van der Waals surface area contributed by atoms with Crippen LogP contribution in [0.2, 0.25) is 0 Å². The molecule has 0 radical (unpaired) electrons. The molecule has 1 aromatic carbocycles. The molecular formula is C13H14O3. The smallest absolute Gasteiger partial charge is 0.169 e. The summed E-state index contributed by atoms with van der Waals surface area (Å²) in [5, 5.41) is 18.4. The lowest BCUT2D eigenvalue weighted by molar-refractivity contribution is 0.0921.